The SMILES string of the molecule is CC(CO)N(C)C(=O)c1ccc(Cl)o1. The summed E-state index contributed by atoms with van der Waals surface area (Å²) in [7, 11) is 1.60. The Kier molecular flexibility index (Phi) is 3.55. The molecule has 1 amide bonds. The van der Waals surface area contributed by atoms with Crippen LogP contribution in [-0.2, 0) is 0 Å². The third kappa shape index (κ3) is 2.27. The highest BCUT2D eigenvalue weighted by Gasteiger charge is 2.19. The minimum Gasteiger partial charge on any atom is -0.440 e. The third-order valence-corrected chi connectivity index (χ3v) is 2.23. The van der Waals surface area contributed by atoms with Crippen LogP contribution in [0.25, 0.3) is 0 Å². The highest BCUT2D eigenvalue weighted by molar-refractivity contribution is 6.29. The van der Waals surface area contributed by atoms with Gasteiger partial charge in [0.2, 0.25) is 0 Å². The quantitative estimate of drug-likeness (QED) is 0.833. The summed E-state index contributed by atoms with van der Waals surface area (Å²) in [4.78, 5) is 13.0. The fourth-order valence-electron chi connectivity index (χ4n) is 0.926. The van der Waals surface area contributed by atoms with Gasteiger partial charge in [-0.05, 0) is 30.7 Å². The lowest BCUT2D eigenvalue weighted by Crippen LogP contribution is -2.37. The molecule has 1 aromatic rings. The van der Waals surface area contributed by atoms with Crippen LogP contribution in [0.1, 0.15) is 17.5 Å². The first kappa shape index (κ1) is 11.1. The summed E-state index contributed by atoms with van der Waals surface area (Å²) < 4.78 is 4.95. The Morgan fingerprint density at radius 3 is 2.79 bits per heavy atom. The van der Waals surface area contributed by atoms with Crippen molar-refractivity contribution in [2.75, 3.05) is 13.7 Å². The lowest BCUT2D eigenvalue weighted by Gasteiger charge is -2.21. The predicted octanol–water partition coefficient (Wildman–Crippen LogP) is 1.39. The van der Waals surface area contributed by atoms with Gasteiger partial charge >= 0.3 is 0 Å². The van der Waals surface area contributed by atoms with Gasteiger partial charge in [0, 0.05) is 7.05 Å². The average Bonchev–Trinajstić information content (AvgIpc) is 2.61. The molecular weight excluding hydrogens is 206 g/mol. The monoisotopic (exact) mass is 217 g/mol. The maximum absolute atomic E-state index is 11.6. The minimum absolute atomic E-state index is 0.0866. The van der Waals surface area contributed by atoms with Gasteiger partial charge in [-0.25, -0.2) is 0 Å². The Labute approximate surface area is 87.1 Å². The van der Waals surface area contributed by atoms with E-state index in [4.69, 9.17) is 21.1 Å². The van der Waals surface area contributed by atoms with Gasteiger partial charge in [0.1, 0.15) is 0 Å². The number of aliphatic hydroxyl groups is 1. The molecule has 0 saturated carbocycles. The number of amides is 1. The number of halogens is 1. The highest BCUT2D eigenvalue weighted by Crippen LogP contribution is 2.15. The highest BCUT2D eigenvalue weighted by atomic mass is 35.5. The normalized spacial score (nSPS) is 12.6. The maximum Gasteiger partial charge on any atom is 0.289 e. The van der Waals surface area contributed by atoms with Crippen molar-refractivity contribution in [2.45, 2.75) is 13.0 Å². The van der Waals surface area contributed by atoms with Crippen LogP contribution in [0, 0.1) is 0 Å². The fourth-order valence-corrected chi connectivity index (χ4v) is 1.07. The van der Waals surface area contributed by atoms with Gasteiger partial charge in [-0.3, -0.25) is 4.79 Å². The zero-order valence-corrected chi connectivity index (χ0v) is 8.78. The van der Waals surface area contributed by atoms with E-state index in [1.165, 1.54) is 17.0 Å². The first-order valence-electron chi connectivity index (χ1n) is 4.19. The second-order valence-corrected chi connectivity index (χ2v) is 3.42. The zero-order valence-electron chi connectivity index (χ0n) is 8.03. The van der Waals surface area contributed by atoms with Crippen molar-refractivity contribution >= 4 is 17.5 Å². The number of likely N-dealkylation sites (N-methyl/N-ethyl adjacent to an activating group) is 1. The standard InChI is InChI=1S/C9H12ClNO3/c1-6(5-12)11(2)9(13)7-3-4-8(10)14-7/h3-4,6,12H,5H2,1-2H3. The van der Waals surface area contributed by atoms with E-state index in [9.17, 15) is 4.79 Å². The summed E-state index contributed by atoms with van der Waals surface area (Å²) in [6.07, 6.45) is 0. The van der Waals surface area contributed by atoms with Crippen molar-refractivity contribution in [1.29, 1.82) is 0 Å². The number of nitrogens with zero attached hydrogens (tertiary/aromatic N) is 1. The van der Waals surface area contributed by atoms with Crippen molar-refractivity contribution in [3.8, 4) is 0 Å². The van der Waals surface area contributed by atoms with Crippen LogP contribution in [0.3, 0.4) is 0 Å². The van der Waals surface area contributed by atoms with Crippen LogP contribution < -0.4 is 0 Å². The van der Waals surface area contributed by atoms with Gasteiger partial charge in [0.15, 0.2) is 11.0 Å². The topological polar surface area (TPSA) is 53.7 Å². The molecule has 1 heterocycles. The Bertz CT molecular complexity index is 324. The molecule has 78 valence electrons. The molecule has 4 nitrogen and oxygen atoms in total. The molecule has 1 aromatic heterocycles. The van der Waals surface area contributed by atoms with Gasteiger partial charge in [-0.15, -0.1) is 0 Å². The van der Waals surface area contributed by atoms with Crippen LogP contribution in [0.15, 0.2) is 16.5 Å². The molecule has 0 aromatic carbocycles. The first-order chi connectivity index (χ1) is 6.56. The molecule has 1 unspecified atom stereocenters. The van der Waals surface area contributed by atoms with E-state index in [-0.39, 0.29) is 29.5 Å². The molecule has 1 atom stereocenters. The number of rotatable bonds is 3. The van der Waals surface area contributed by atoms with E-state index in [1.54, 1.807) is 14.0 Å². The van der Waals surface area contributed by atoms with E-state index in [1.807, 2.05) is 0 Å². The van der Waals surface area contributed by atoms with Crippen molar-refractivity contribution < 1.29 is 14.3 Å². The van der Waals surface area contributed by atoms with Crippen LogP contribution in [0.2, 0.25) is 5.22 Å². The molecule has 0 spiro atoms. The molecule has 0 fully saturated rings. The van der Waals surface area contributed by atoms with E-state index in [2.05, 4.69) is 0 Å². The van der Waals surface area contributed by atoms with Crippen molar-refractivity contribution in [2.24, 2.45) is 0 Å². The first-order valence-corrected chi connectivity index (χ1v) is 4.57. The number of carbonyl (C=O) groups excluding carboxylic acids is 1. The zero-order chi connectivity index (χ0) is 10.7. The molecule has 0 radical (unpaired) electrons. The summed E-state index contributed by atoms with van der Waals surface area (Å²) in [6.45, 7) is 1.65. The Hall–Kier alpha value is -1.00. The van der Waals surface area contributed by atoms with Crippen molar-refractivity contribution in [1.82, 2.24) is 4.90 Å². The maximum atomic E-state index is 11.6. The lowest BCUT2D eigenvalue weighted by atomic mass is 10.3. The Morgan fingerprint density at radius 2 is 2.36 bits per heavy atom. The molecule has 0 bridgehead atoms. The molecule has 0 aliphatic rings. The predicted molar refractivity (Wildman–Crippen MR) is 52.4 cm³/mol. The molecule has 14 heavy (non-hydrogen) atoms. The largest absolute Gasteiger partial charge is 0.440 e. The Morgan fingerprint density at radius 1 is 1.71 bits per heavy atom. The number of aliphatic hydroxyl groups excluding tert-OH is 1. The second kappa shape index (κ2) is 4.48. The van der Waals surface area contributed by atoms with Gasteiger partial charge < -0.3 is 14.4 Å². The van der Waals surface area contributed by atoms with Crippen LogP contribution in [0.5, 0.6) is 0 Å². The number of carbonyl (C=O) groups is 1. The van der Waals surface area contributed by atoms with Crippen LogP contribution >= 0.6 is 11.6 Å². The Balaban J connectivity index is 2.75. The lowest BCUT2D eigenvalue weighted by molar-refractivity contribution is 0.0651. The van der Waals surface area contributed by atoms with Crippen molar-refractivity contribution in [3.63, 3.8) is 0 Å². The summed E-state index contributed by atoms with van der Waals surface area (Å²) in [5.41, 5.74) is 0. The van der Waals surface area contributed by atoms with E-state index >= 15 is 0 Å². The smallest absolute Gasteiger partial charge is 0.289 e. The summed E-state index contributed by atoms with van der Waals surface area (Å²) in [5, 5.41) is 9.03. The van der Waals surface area contributed by atoms with Gasteiger partial charge in [-0.1, -0.05) is 0 Å². The average molecular weight is 218 g/mol. The van der Waals surface area contributed by atoms with E-state index in [0.717, 1.165) is 0 Å². The number of furan rings is 1. The molecule has 0 aliphatic carbocycles. The fraction of sp³-hybridized carbons (Fsp3) is 0.444. The van der Waals surface area contributed by atoms with Crippen LogP contribution in [-0.4, -0.2) is 35.6 Å². The van der Waals surface area contributed by atoms with E-state index < -0.39 is 0 Å². The number of hydrogen-bond acceptors (Lipinski definition) is 3. The third-order valence-electron chi connectivity index (χ3n) is 2.03. The summed E-state index contributed by atoms with van der Waals surface area (Å²) in [6, 6.07) is 2.77. The van der Waals surface area contributed by atoms with Gasteiger partial charge in [-0.2, -0.15) is 0 Å². The molecule has 0 aliphatic heterocycles. The molecule has 5 heteroatoms. The molecule has 0 saturated heterocycles. The molecule has 1 N–H and O–H groups in total. The minimum atomic E-state index is -0.293. The summed E-state index contributed by atoms with van der Waals surface area (Å²) >= 11 is 5.54. The van der Waals surface area contributed by atoms with E-state index in [0.29, 0.717) is 0 Å². The second-order valence-electron chi connectivity index (χ2n) is 3.05. The van der Waals surface area contributed by atoms with Crippen molar-refractivity contribution in [3.05, 3.63) is 23.1 Å². The van der Waals surface area contributed by atoms with Crippen LogP contribution in [0.4, 0.5) is 0 Å². The van der Waals surface area contributed by atoms with Gasteiger partial charge in [0.05, 0.1) is 12.6 Å². The molecule has 1 rings (SSSR count). The number of hydrogen-bond donors (Lipinski definition) is 1. The summed E-state index contributed by atoms with van der Waals surface area (Å²) in [5.74, 6) is -0.115. The van der Waals surface area contributed by atoms with Gasteiger partial charge in [0.25, 0.3) is 5.91 Å². The molecular formula is C9H12ClNO3.